The van der Waals surface area contributed by atoms with E-state index in [1.807, 2.05) is 0 Å². The van der Waals surface area contributed by atoms with Gasteiger partial charge in [0.25, 0.3) is 0 Å². The van der Waals surface area contributed by atoms with E-state index < -0.39 is 0 Å². The number of fused-ring (bicyclic) bond motifs is 1. The van der Waals surface area contributed by atoms with Gasteiger partial charge in [0.1, 0.15) is 5.75 Å². The van der Waals surface area contributed by atoms with Gasteiger partial charge in [-0.05, 0) is 67.3 Å². The van der Waals surface area contributed by atoms with Crippen molar-refractivity contribution in [2.45, 2.75) is 45.4 Å². The highest BCUT2D eigenvalue weighted by Crippen LogP contribution is 2.47. The molecule has 2 nitrogen and oxygen atoms in total. The lowest BCUT2D eigenvalue weighted by Crippen LogP contribution is -2.33. The Balaban J connectivity index is 1.87. The highest BCUT2D eigenvalue weighted by atomic mass is 16.5. The molecule has 2 aliphatic rings. The van der Waals surface area contributed by atoms with Crippen LogP contribution in [0, 0.1) is 11.3 Å². The highest BCUT2D eigenvalue weighted by Gasteiger charge is 2.35. The molecule has 3 rings (SSSR count). The lowest BCUT2D eigenvalue weighted by molar-refractivity contribution is 0.161. The third kappa shape index (κ3) is 2.71. The predicted octanol–water partition coefficient (Wildman–Crippen LogP) is 3.75. The maximum absolute atomic E-state index is 5.64. The third-order valence-corrected chi connectivity index (χ3v) is 5.14. The van der Waals surface area contributed by atoms with Crippen LogP contribution in [0.15, 0.2) is 18.2 Å². The van der Waals surface area contributed by atoms with Gasteiger partial charge < -0.3 is 10.1 Å². The second kappa shape index (κ2) is 5.40. The summed E-state index contributed by atoms with van der Waals surface area (Å²) in [4.78, 5) is 0. The molecule has 2 unspecified atom stereocenters. The van der Waals surface area contributed by atoms with Crippen molar-refractivity contribution < 1.29 is 4.74 Å². The molecule has 2 heteroatoms. The molecular weight excluding hydrogens is 246 g/mol. The molecule has 0 bridgehead atoms. The van der Waals surface area contributed by atoms with Gasteiger partial charge in [-0.1, -0.05) is 26.0 Å². The summed E-state index contributed by atoms with van der Waals surface area (Å²) in [6.07, 6.45) is 5.07. The smallest absolute Gasteiger partial charge is 0.122 e. The standard InChI is InChI=1S/C18H27NO/c1-18(2)8-6-15(12-19-3)16(11-18)13-4-5-17-14(10-13)7-9-20-17/h4-5,10,15-16,19H,6-9,11-12H2,1-3H3. The molecular formula is C18H27NO. The highest BCUT2D eigenvalue weighted by molar-refractivity contribution is 5.41. The Hall–Kier alpha value is -1.02. The minimum atomic E-state index is 0.477. The minimum Gasteiger partial charge on any atom is -0.493 e. The molecule has 1 aromatic carbocycles. The molecule has 0 amide bonds. The molecule has 20 heavy (non-hydrogen) atoms. The number of ether oxygens (including phenoxy) is 1. The van der Waals surface area contributed by atoms with Crippen LogP contribution in [0.2, 0.25) is 0 Å². The topological polar surface area (TPSA) is 21.3 Å². The van der Waals surface area contributed by atoms with Crippen molar-refractivity contribution in [1.29, 1.82) is 0 Å². The zero-order chi connectivity index (χ0) is 14.2. The van der Waals surface area contributed by atoms with Gasteiger partial charge in [0.15, 0.2) is 0 Å². The molecule has 1 aliphatic heterocycles. The summed E-state index contributed by atoms with van der Waals surface area (Å²) in [7, 11) is 2.08. The lowest BCUT2D eigenvalue weighted by Gasteiger charge is -2.41. The molecule has 0 spiro atoms. The van der Waals surface area contributed by atoms with Crippen LogP contribution in [0.3, 0.4) is 0 Å². The van der Waals surface area contributed by atoms with E-state index in [1.54, 1.807) is 0 Å². The van der Waals surface area contributed by atoms with E-state index >= 15 is 0 Å². The van der Waals surface area contributed by atoms with Crippen molar-refractivity contribution in [3.8, 4) is 5.75 Å². The maximum Gasteiger partial charge on any atom is 0.122 e. The Labute approximate surface area is 122 Å². The van der Waals surface area contributed by atoms with E-state index in [0.717, 1.165) is 31.2 Å². The molecule has 0 saturated heterocycles. The fourth-order valence-corrected chi connectivity index (χ4v) is 3.98. The first-order chi connectivity index (χ1) is 9.59. The molecule has 0 aromatic heterocycles. The van der Waals surface area contributed by atoms with Crippen LogP contribution in [0.25, 0.3) is 0 Å². The fraction of sp³-hybridized carbons (Fsp3) is 0.667. The third-order valence-electron chi connectivity index (χ3n) is 5.14. The largest absolute Gasteiger partial charge is 0.493 e. The molecule has 110 valence electrons. The molecule has 1 aliphatic carbocycles. The van der Waals surface area contributed by atoms with Gasteiger partial charge in [0.2, 0.25) is 0 Å². The van der Waals surface area contributed by atoms with E-state index in [-0.39, 0.29) is 0 Å². The Bertz CT molecular complexity index is 480. The first-order valence-electron chi connectivity index (χ1n) is 7.99. The van der Waals surface area contributed by atoms with E-state index in [4.69, 9.17) is 4.74 Å². The second-order valence-electron chi connectivity index (χ2n) is 7.30. The van der Waals surface area contributed by atoms with E-state index in [2.05, 4.69) is 44.4 Å². The lowest BCUT2D eigenvalue weighted by atomic mass is 9.65. The van der Waals surface area contributed by atoms with Gasteiger partial charge in [0, 0.05) is 6.42 Å². The molecule has 0 radical (unpaired) electrons. The zero-order valence-corrected chi connectivity index (χ0v) is 13.0. The van der Waals surface area contributed by atoms with Crippen LogP contribution in [-0.2, 0) is 6.42 Å². The first kappa shape index (κ1) is 13.9. The second-order valence-corrected chi connectivity index (χ2v) is 7.30. The molecule has 2 atom stereocenters. The number of hydrogen-bond donors (Lipinski definition) is 1. The summed E-state index contributed by atoms with van der Waals surface area (Å²) in [5, 5.41) is 3.39. The van der Waals surface area contributed by atoms with Gasteiger partial charge in [-0.2, -0.15) is 0 Å². The van der Waals surface area contributed by atoms with Crippen molar-refractivity contribution in [3.63, 3.8) is 0 Å². The molecule has 1 N–H and O–H groups in total. The maximum atomic E-state index is 5.64. The Kier molecular flexibility index (Phi) is 3.76. The van der Waals surface area contributed by atoms with Crippen molar-refractivity contribution >= 4 is 0 Å². The monoisotopic (exact) mass is 273 g/mol. The van der Waals surface area contributed by atoms with Gasteiger partial charge in [0.05, 0.1) is 6.61 Å². The summed E-state index contributed by atoms with van der Waals surface area (Å²) in [6.45, 7) is 6.83. The average molecular weight is 273 g/mol. The van der Waals surface area contributed by atoms with Crippen LogP contribution < -0.4 is 10.1 Å². The number of rotatable bonds is 3. The molecule has 1 fully saturated rings. The number of hydrogen-bond acceptors (Lipinski definition) is 2. The summed E-state index contributed by atoms with van der Waals surface area (Å²) in [5.41, 5.74) is 3.42. The first-order valence-corrected chi connectivity index (χ1v) is 7.99. The predicted molar refractivity (Wildman–Crippen MR) is 83.4 cm³/mol. The van der Waals surface area contributed by atoms with Gasteiger partial charge in [-0.3, -0.25) is 0 Å². The van der Waals surface area contributed by atoms with E-state index in [9.17, 15) is 0 Å². The molecule has 1 aromatic rings. The van der Waals surface area contributed by atoms with Crippen LogP contribution >= 0.6 is 0 Å². The Morgan fingerprint density at radius 2 is 2.20 bits per heavy atom. The summed E-state index contributed by atoms with van der Waals surface area (Å²) in [5.74, 6) is 2.57. The van der Waals surface area contributed by atoms with Crippen molar-refractivity contribution in [2.24, 2.45) is 11.3 Å². The van der Waals surface area contributed by atoms with Crippen LogP contribution in [0.4, 0.5) is 0 Å². The van der Waals surface area contributed by atoms with Crippen LogP contribution in [-0.4, -0.2) is 20.2 Å². The Morgan fingerprint density at radius 1 is 1.35 bits per heavy atom. The summed E-state index contributed by atoms with van der Waals surface area (Å²) in [6, 6.07) is 6.91. The van der Waals surface area contributed by atoms with Crippen LogP contribution in [0.1, 0.15) is 50.2 Å². The quantitative estimate of drug-likeness (QED) is 0.905. The van der Waals surface area contributed by atoms with E-state index in [0.29, 0.717) is 11.3 Å². The Morgan fingerprint density at radius 3 is 3.00 bits per heavy atom. The SMILES string of the molecule is CNCC1CCC(C)(C)CC1c1ccc2c(c1)CCO2. The van der Waals surface area contributed by atoms with Gasteiger partial charge in [-0.15, -0.1) is 0 Å². The van der Waals surface area contributed by atoms with Crippen molar-refractivity contribution in [1.82, 2.24) is 5.32 Å². The fourth-order valence-electron chi connectivity index (χ4n) is 3.98. The van der Waals surface area contributed by atoms with Gasteiger partial charge >= 0.3 is 0 Å². The number of benzene rings is 1. The molecule has 1 heterocycles. The van der Waals surface area contributed by atoms with Crippen LogP contribution in [0.5, 0.6) is 5.75 Å². The zero-order valence-electron chi connectivity index (χ0n) is 13.0. The summed E-state index contributed by atoms with van der Waals surface area (Å²) >= 11 is 0. The van der Waals surface area contributed by atoms with Gasteiger partial charge in [-0.25, -0.2) is 0 Å². The number of nitrogens with one attached hydrogen (secondary N) is 1. The minimum absolute atomic E-state index is 0.477. The molecule has 1 saturated carbocycles. The normalized spacial score (nSPS) is 27.9. The summed E-state index contributed by atoms with van der Waals surface area (Å²) < 4.78 is 5.64. The average Bonchev–Trinajstić information content (AvgIpc) is 2.88. The van der Waals surface area contributed by atoms with Crippen molar-refractivity contribution in [3.05, 3.63) is 29.3 Å². The van der Waals surface area contributed by atoms with E-state index in [1.165, 1.54) is 30.4 Å². The van der Waals surface area contributed by atoms with Crippen molar-refractivity contribution in [2.75, 3.05) is 20.2 Å².